The van der Waals surface area contributed by atoms with E-state index in [0.29, 0.717) is 35.0 Å². The van der Waals surface area contributed by atoms with Crippen LogP contribution in [0.5, 0.6) is 5.75 Å². The van der Waals surface area contributed by atoms with Crippen molar-refractivity contribution < 1.29 is 13.9 Å². The van der Waals surface area contributed by atoms with Crippen LogP contribution in [0.2, 0.25) is 0 Å². The van der Waals surface area contributed by atoms with Gasteiger partial charge in [0.2, 0.25) is 5.91 Å². The molecule has 1 heterocycles. The van der Waals surface area contributed by atoms with Crippen molar-refractivity contribution in [3.63, 3.8) is 0 Å². The number of carbonyl (C=O) groups excluding carboxylic acids is 1. The van der Waals surface area contributed by atoms with Gasteiger partial charge in [-0.3, -0.25) is 9.79 Å². The summed E-state index contributed by atoms with van der Waals surface area (Å²) < 4.78 is 22.0. The van der Waals surface area contributed by atoms with Crippen molar-refractivity contribution in [1.29, 1.82) is 0 Å². The van der Waals surface area contributed by atoms with E-state index in [1.165, 1.54) is 12.3 Å². The van der Waals surface area contributed by atoms with Crippen molar-refractivity contribution in [2.24, 2.45) is 16.6 Å². The fourth-order valence-electron chi connectivity index (χ4n) is 4.34. The van der Waals surface area contributed by atoms with Gasteiger partial charge >= 0.3 is 0 Å². The van der Waals surface area contributed by atoms with Crippen LogP contribution in [0.3, 0.4) is 0 Å². The highest BCUT2D eigenvalue weighted by molar-refractivity contribution is 6.11. The van der Waals surface area contributed by atoms with Gasteiger partial charge in [0.1, 0.15) is 11.6 Å². The second kappa shape index (κ2) is 7.71. The van der Waals surface area contributed by atoms with E-state index in [4.69, 9.17) is 10.5 Å². The largest absolute Gasteiger partial charge is 0.489 e. The highest BCUT2D eigenvalue weighted by Crippen LogP contribution is 2.46. The van der Waals surface area contributed by atoms with Gasteiger partial charge in [0, 0.05) is 41.1 Å². The zero-order chi connectivity index (χ0) is 20.8. The first-order valence-corrected chi connectivity index (χ1v) is 11.4. The molecule has 1 aromatic rings. The summed E-state index contributed by atoms with van der Waals surface area (Å²) in [6.07, 6.45) is 12.0. The molecule has 0 spiro atoms. The summed E-state index contributed by atoms with van der Waals surface area (Å²) in [5, 5.41) is 0. The molecular weight excluding hydrogens is 381 g/mol. The third-order valence-electron chi connectivity index (χ3n) is 6.76. The smallest absolute Gasteiger partial charge is 0.230 e. The van der Waals surface area contributed by atoms with Gasteiger partial charge in [0.25, 0.3) is 0 Å². The van der Waals surface area contributed by atoms with Crippen LogP contribution in [-0.2, 0) is 11.2 Å². The van der Waals surface area contributed by atoms with Gasteiger partial charge in [-0.2, -0.15) is 0 Å². The summed E-state index contributed by atoms with van der Waals surface area (Å²) in [4.78, 5) is 19.3. The molecule has 0 bridgehead atoms. The van der Waals surface area contributed by atoms with Crippen LogP contribution in [-0.4, -0.2) is 30.3 Å². The predicted octanol–water partition coefficient (Wildman–Crippen LogP) is 4.37. The minimum Gasteiger partial charge on any atom is -0.489 e. The van der Waals surface area contributed by atoms with E-state index in [-0.39, 0.29) is 29.8 Å². The number of fused-ring (bicyclic) bond motifs is 1. The van der Waals surface area contributed by atoms with Crippen LogP contribution < -0.4 is 15.4 Å². The molecule has 0 saturated heterocycles. The van der Waals surface area contributed by atoms with Gasteiger partial charge in [-0.15, -0.1) is 0 Å². The number of benzene rings is 1. The van der Waals surface area contributed by atoms with Crippen molar-refractivity contribution in [2.45, 2.75) is 82.9 Å². The van der Waals surface area contributed by atoms with Gasteiger partial charge < -0.3 is 15.4 Å². The van der Waals surface area contributed by atoms with Crippen molar-refractivity contribution in [3.05, 3.63) is 29.2 Å². The number of rotatable bonds is 6. The number of allylic oxidation sites excluding steroid dienone is 1. The quantitative estimate of drug-likeness (QED) is 0.707. The summed E-state index contributed by atoms with van der Waals surface area (Å²) in [6, 6.07) is 1.84. The second-order valence-electron chi connectivity index (χ2n) is 9.23. The van der Waals surface area contributed by atoms with Gasteiger partial charge in [0.05, 0.1) is 17.8 Å². The summed E-state index contributed by atoms with van der Waals surface area (Å²) in [6.45, 7) is 2.01. The third-order valence-corrected chi connectivity index (χ3v) is 6.76. The minimum absolute atomic E-state index is 0.0107. The zero-order valence-electron chi connectivity index (χ0n) is 17.6. The fourth-order valence-corrected chi connectivity index (χ4v) is 4.34. The lowest BCUT2D eigenvalue weighted by molar-refractivity contribution is -0.120. The molecule has 5 nitrogen and oxygen atoms in total. The Hall–Kier alpha value is -2.37. The topological polar surface area (TPSA) is 67.9 Å². The summed E-state index contributed by atoms with van der Waals surface area (Å²) in [5.74, 6) is 0.407. The Morgan fingerprint density at radius 2 is 2.00 bits per heavy atom. The molecule has 1 atom stereocenters. The highest BCUT2D eigenvalue weighted by atomic mass is 19.1. The first-order chi connectivity index (χ1) is 14.6. The predicted molar refractivity (Wildman–Crippen MR) is 116 cm³/mol. The lowest BCUT2D eigenvalue weighted by Crippen LogP contribution is -2.44. The van der Waals surface area contributed by atoms with Gasteiger partial charge in [-0.05, 0) is 70.8 Å². The number of halogens is 1. The molecule has 3 aliphatic carbocycles. The Kier molecular flexibility index (Phi) is 5.03. The number of ether oxygens (including phenoxy) is 1. The maximum absolute atomic E-state index is 15.6. The first kappa shape index (κ1) is 19.6. The van der Waals surface area contributed by atoms with E-state index < -0.39 is 0 Å². The van der Waals surface area contributed by atoms with E-state index in [0.717, 1.165) is 56.9 Å². The Morgan fingerprint density at radius 3 is 2.60 bits per heavy atom. The van der Waals surface area contributed by atoms with Gasteiger partial charge in [0.15, 0.2) is 0 Å². The molecule has 2 N–H and O–H groups in total. The van der Waals surface area contributed by atoms with Crippen LogP contribution in [0.1, 0.15) is 69.4 Å². The molecule has 1 aliphatic heterocycles. The molecule has 0 aromatic heterocycles. The number of nitrogens with zero attached hydrogens (tertiary/aromatic N) is 2. The van der Waals surface area contributed by atoms with Crippen molar-refractivity contribution >= 4 is 23.4 Å². The molecule has 1 aromatic carbocycles. The van der Waals surface area contributed by atoms with E-state index in [9.17, 15) is 4.79 Å². The average molecular weight is 412 g/mol. The number of carbonyl (C=O) groups is 1. The molecule has 3 saturated carbocycles. The Labute approximate surface area is 177 Å². The maximum Gasteiger partial charge on any atom is 0.230 e. The minimum atomic E-state index is -0.374. The molecular formula is C24H30FN3O2. The van der Waals surface area contributed by atoms with E-state index >= 15 is 4.39 Å². The van der Waals surface area contributed by atoms with Crippen molar-refractivity contribution in [2.75, 3.05) is 4.90 Å². The number of hydrogen-bond acceptors (Lipinski definition) is 4. The highest BCUT2D eigenvalue weighted by Gasteiger charge is 2.41. The van der Waals surface area contributed by atoms with Crippen LogP contribution in [0.4, 0.5) is 10.1 Å². The van der Waals surface area contributed by atoms with Gasteiger partial charge in [-0.25, -0.2) is 4.39 Å². The van der Waals surface area contributed by atoms with Crippen LogP contribution in [0.15, 0.2) is 17.3 Å². The van der Waals surface area contributed by atoms with Crippen LogP contribution in [0, 0.1) is 11.7 Å². The monoisotopic (exact) mass is 411 g/mol. The number of aliphatic imine (C=N–C) groups is 1. The summed E-state index contributed by atoms with van der Waals surface area (Å²) in [5.41, 5.74) is 8.49. The number of hydrogen-bond donors (Lipinski definition) is 1. The lowest BCUT2D eigenvalue weighted by atomic mass is 9.90. The van der Waals surface area contributed by atoms with Crippen molar-refractivity contribution in [3.8, 4) is 5.75 Å². The van der Waals surface area contributed by atoms with E-state index in [1.54, 1.807) is 11.1 Å². The average Bonchev–Trinajstić information content (AvgIpc) is 3.60. The maximum atomic E-state index is 15.6. The van der Waals surface area contributed by atoms with Gasteiger partial charge in [-0.1, -0.05) is 0 Å². The number of anilines is 1. The van der Waals surface area contributed by atoms with E-state index in [2.05, 4.69) is 4.99 Å². The fraction of sp³-hybridized carbons (Fsp3) is 0.583. The molecule has 1 unspecified atom stereocenters. The normalized spacial score (nSPS) is 24.7. The standard InChI is InChI=1S/C24H30FN3O2/c1-14-5-10-19-22(28(14)24(29)15-6-7-15)21(25)11-20(23(19)30-18-3-2-4-18)16(12-26)13-27-17-8-9-17/h11-15,17-18H,2-10,26H2,1H3. The summed E-state index contributed by atoms with van der Waals surface area (Å²) >= 11 is 0. The molecule has 1 amide bonds. The summed E-state index contributed by atoms with van der Waals surface area (Å²) in [7, 11) is 0. The molecule has 3 fully saturated rings. The van der Waals surface area contributed by atoms with Crippen LogP contribution in [0.25, 0.3) is 5.57 Å². The Morgan fingerprint density at radius 1 is 1.23 bits per heavy atom. The number of amides is 1. The molecule has 6 heteroatoms. The molecule has 5 rings (SSSR count). The Balaban J connectivity index is 1.61. The number of nitrogens with two attached hydrogens (primary N) is 1. The van der Waals surface area contributed by atoms with Crippen molar-refractivity contribution in [1.82, 2.24) is 0 Å². The SMILES string of the molecule is CC1CCc2c(OC3CCC3)c(C(C=NC3CC3)=CN)cc(F)c2N1C(=O)C1CC1. The first-order valence-electron chi connectivity index (χ1n) is 11.4. The van der Waals surface area contributed by atoms with Crippen LogP contribution >= 0.6 is 0 Å². The molecule has 0 radical (unpaired) electrons. The zero-order valence-corrected chi connectivity index (χ0v) is 17.6. The molecule has 160 valence electrons. The Bertz CT molecular complexity index is 914. The third kappa shape index (κ3) is 3.61. The second-order valence-corrected chi connectivity index (χ2v) is 9.23. The van der Waals surface area contributed by atoms with E-state index in [1.807, 2.05) is 6.92 Å². The molecule has 30 heavy (non-hydrogen) atoms. The lowest BCUT2D eigenvalue weighted by Gasteiger charge is -2.38. The molecule has 4 aliphatic rings.